The summed E-state index contributed by atoms with van der Waals surface area (Å²) in [5.74, 6) is -2.25. The van der Waals surface area contributed by atoms with Crippen molar-refractivity contribution in [3.05, 3.63) is 59.7 Å². The van der Waals surface area contributed by atoms with E-state index in [-0.39, 0.29) is 12.2 Å². The summed E-state index contributed by atoms with van der Waals surface area (Å²) in [6.07, 6.45) is 3.23. The van der Waals surface area contributed by atoms with Gasteiger partial charge in [0, 0.05) is 24.6 Å². The third kappa shape index (κ3) is 4.00. The predicted octanol–water partition coefficient (Wildman–Crippen LogP) is 2.24. The molecule has 0 unspecified atom stereocenters. The first-order valence-electron chi connectivity index (χ1n) is 6.03. The SMILES string of the molecule is O=C(NCc1cccnc1)Nc1ccc(F)c(C(=O)O)c1. The smallest absolute Gasteiger partial charge is 0.338 e. The molecule has 0 atom stereocenters. The monoisotopic (exact) mass is 289 g/mol. The van der Waals surface area contributed by atoms with Crippen molar-refractivity contribution in [2.24, 2.45) is 0 Å². The summed E-state index contributed by atoms with van der Waals surface area (Å²) < 4.78 is 13.2. The van der Waals surface area contributed by atoms with Gasteiger partial charge >= 0.3 is 12.0 Å². The minimum Gasteiger partial charge on any atom is -0.478 e. The highest BCUT2D eigenvalue weighted by Gasteiger charge is 2.11. The summed E-state index contributed by atoms with van der Waals surface area (Å²) in [7, 11) is 0. The van der Waals surface area contributed by atoms with E-state index in [0.717, 1.165) is 17.7 Å². The highest BCUT2D eigenvalue weighted by Crippen LogP contribution is 2.14. The number of aromatic nitrogens is 1. The van der Waals surface area contributed by atoms with Gasteiger partial charge in [-0.2, -0.15) is 0 Å². The lowest BCUT2D eigenvalue weighted by Crippen LogP contribution is -2.28. The summed E-state index contributed by atoms with van der Waals surface area (Å²) in [4.78, 5) is 26.4. The minimum atomic E-state index is -1.40. The van der Waals surface area contributed by atoms with E-state index in [1.807, 2.05) is 0 Å². The largest absolute Gasteiger partial charge is 0.478 e. The molecule has 0 saturated carbocycles. The normalized spacial score (nSPS) is 9.95. The maximum atomic E-state index is 13.2. The fourth-order valence-electron chi connectivity index (χ4n) is 1.63. The Labute approximate surface area is 119 Å². The van der Waals surface area contributed by atoms with Crippen molar-refractivity contribution < 1.29 is 19.1 Å². The molecule has 1 aromatic heterocycles. The molecule has 0 aliphatic rings. The Morgan fingerprint density at radius 1 is 1.29 bits per heavy atom. The molecule has 7 heteroatoms. The Balaban J connectivity index is 1.97. The van der Waals surface area contributed by atoms with Crippen LogP contribution in [0.1, 0.15) is 15.9 Å². The molecule has 21 heavy (non-hydrogen) atoms. The second-order valence-electron chi connectivity index (χ2n) is 4.17. The van der Waals surface area contributed by atoms with Crippen LogP contribution in [0, 0.1) is 5.82 Å². The number of urea groups is 1. The van der Waals surface area contributed by atoms with Crippen LogP contribution < -0.4 is 10.6 Å². The van der Waals surface area contributed by atoms with Gasteiger partial charge in [-0.05, 0) is 29.8 Å². The van der Waals surface area contributed by atoms with Gasteiger partial charge in [0.05, 0.1) is 5.56 Å². The predicted molar refractivity (Wildman–Crippen MR) is 73.5 cm³/mol. The number of nitrogens with one attached hydrogen (secondary N) is 2. The van der Waals surface area contributed by atoms with Crippen molar-refractivity contribution in [1.29, 1.82) is 0 Å². The highest BCUT2D eigenvalue weighted by molar-refractivity contribution is 5.93. The van der Waals surface area contributed by atoms with E-state index >= 15 is 0 Å². The number of halogens is 1. The number of hydrogen-bond acceptors (Lipinski definition) is 3. The van der Waals surface area contributed by atoms with Gasteiger partial charge in [-0.25, -0.2) is 14.0 Å². The lowest BCUT2D eigenvalue weighted by Gasteiger charge is -2.08. The summed E-state index contributed by atoms with van der Waals surface area (Å²) in [5, 5.41) is 13.8. The summed E-state index contributed by atoms with van der Waals surface area (Å²) in [5.41, 5.74) is 0.510. The third-order valence-electron chi connectivity index (χ3n) is 2.63. The van der Waals surface area contributed by atoms with E-state index in [1.165, 1.54) is 6.07 Å². The van der Waals surface area contributed by atoms with Gasteiger partial charge in [0.15, 0.2) is 0 Å². The molecule has 0 spiro atoms. The van der Waals surface area contributed by atoms with E-state index in [4.69, 9.17) is 5.11 Å². The van der Waals surface area contributed by atoms with E-state index in [2.05, 4.69) is 15.6 Å². The van der Waals surface area contributed by atoms with Crippen molar-refractivity contribution in [3.63, 3.8) is 0 Å². The Bertz CT molecular complexity index is 662. The molecule has 0 aliphatic heterocycles. The molecule has 2 rings (SSSR count). The van der Waals surface area contributed by atoms with Gasteiger partial charge in [-0.3, -0.25) is 4.98 Å². The Hall–Kier alpha value is -2.96. The van der Waals surface area contributed by atoms with E-state index in [9.17, 15) is 14.0 Å². The first kappa shape index (κ1) is 14.4. The Morgan fingerprint density at radius 2 is 2.10 bits per heavy atom. The zero-order valence-electron chi connectivity index (χ0n) is 10.8. The van der Waals surface area contributed by atoms with Crippen molar-refractivity contribution in [2.75, 3.05) is 5.32 Å². The first-order chi connectivity index (χ1) is 10.1. The number of carbonyl (C=O) groups excluding carboxylic acids is 1. The number of benzene rings is 1. The molecular formula is C14H12FN3O3. The molecule has 3 N–H and O–H groups in total. The highest BCUT2D eigenvalue weighted by atomic mass is 19.1. The van der Waals surface area contributed by atoms with Crippen LogP contribution in [0.3, 0.4) is 0 Å². The quantitative estimate of drug-likeness (QED) is 0.805. The van der Waals surface area contributed by atoms with Gasteiger partial charge < -0.3 is 15.7 Å². The van der Waals surface area contributed by atoms with Crippen LogP contribution in [-0.4, -0.2) is 22.1 Å². The molecule has 0 saturated heterocycles. The molecule has 0 fully saturated rings. The molecule has 2 aromatic rings. The average Bonchev–Trinajstić information content (AvgIpc) is 2.48. The molecule has 0 bridgehead atoms. The van der Waals surface area contributed by atoms with Crippen molar-refractivity contribution >= 4 is 17.7 Å². The van der Waals surface area contributed by atoms with Crippen molar-refractivity contribution in [2.45, 2.75) is 6.54 Å². The lowest BCUT2D eigenvalue weighted by molar-refractivity contribution is 0.0692. The maximum absolute atomic E-state index is 13.2. The summed E-state index contributed by atoms with van der Waals surface area (Å²) in [6.45, 7) is 0.270. The number of rotatable bonds is 4. The first-order valence-corrected chi connectivity index (χ1v) is 6.03. The van der Waals surface area contributed by atoms with Crippen LogP contribution in [0.2, 0.25) is 0 Å². The van der Waals surface area contributed by atoms with E-state index < -0.39 is 23.4 Å². The van der Waals surface area contributed by atoms with Crippen LogP contribution in [0.15, 0.2) is 42.7 Å². The van der Waals surface area contributed by atoms with Crippen LogP contribution in [0.5, 0.6) is 0 Å². The number of carboxylic acids is 1. The number of amides is 2. The standard InChI is InChI=1S/C14H12FN3O3/c15-12-4-3-10(6-11(12)13(19)20)18-14(21)17-8-9-2-1-5-16-7-9/h1-7H,8H2,(H,19,20)(H2,17,18,21). The van der Waals surface area contributed by atoms with Crippen LogP contribution in [0.4, 0.5) is 14.9 Å². The van der Waals surface area contributed by atoms with Crippen LogP contribution in [0.25, 0.3) is 0 Å². The van der Waals surface area contributed by atoms with Gasteiger partial charge in [-0.15, -0.1) is 0 Å². The molecule has 1 aromatic carbocycles. The Morgan fingerprint density at radius 3 is 2.76 bits per heavy atom. The number of hydrogen-bond donors (Lipinski definition) is 3. The number of anilines is 1. The molecule has 108 valence electrons. The molecule has 0 radical (unpaired) electrons. The van der Waals surface area contributed by atoms with Crippen LogP contribution in [-0.2, 0) is 6.54 Å². The van der Waals surface area contributed by atoms with Crippen molar-refractivity contribution in [3.8, 4) is 0 Å². The molecule has 6 nitrogen and oxygen atoms in total. The number of carbonyl (C=O) groups is 2. The topological polar surface area (TPSA) is 91.3 Å². The van der Waals surface area contributed by atoms with Gasteiger partial charge in [0.2, 0.25) is 0 Å². The molecule has 0 aliphatic carbocycles. The minimum absolute atomic E-state index is 0.192. The number of carboxylic acid groups (broad SMARTS) is 1. The second kappa shape index (κ2) is 6.47. The van der Waals surface area contributed by atoms with E-state index in [1.54, 1.807) is 24.5 Å². The third-order valence-corrected chi connectivity index (χ3v) is 2.63. The van der Waals surface area contributed by atoms with Gasteiger partial charge in [0.1, 0.15) is 5.82 Å². The fourth-order valence-corrected chi connectivity index (χ4v) is 1.63. The van der Waals surface area contributed by atoms with Gasteiger partial charge in [0.25, 0.3) is 0 Å². The number of nitrogens with zero attached hydrogens (tertiary/aromatic N) is 1. The van der Waals surface area contributed by atoms with Crippen molar-refractivity contribution in [1.82, 2.24) is 10.3 Å². The maximum Gasteiger partial charge on any atom is 0.338 e. The fraction of sp³-hybridized carbons (Fsp3) is 0.0714. The molecule has 1 heterocycles. The average molecular weight is 289 g/mol. The number of pyridine rings is 1. The molecular weight excluding hydrogens is 277 g/mol. The van der Waals surface area contributed by atoms with E-state index in [0.29, 0.717) is 0 Å². The zero-order valence-corrected chi connectivity index (χ0v) is 10.8. The number of aromatic carboxylic acids is 1. The van der Waals surface area contributed by atoms with Crippen LogP contribution >= 0.6 is 0 Å². The summed E-state index contributed by atoms with van der Waals surface area (Å²) in [6, 6.07) is 6.34. The van der Waals surface area contributed by atoms with Gasteiger partial charge in [-0.1, -0.05) is 6.07 Å². The Kier molecular flexibility index (Phi) is 4.45. The summed E-state index contributed by atoms with van der Waals surface area (Å²) >= 11 is 0. The lowest BCUT2D eigenvalue weighted by atomic mass is 10.2. The zero-order chi connectivity index (χ0) is 15.2. The molecule has 2 amide bonds. The second-order valence-corrected chi connectivity index (χ2v) is 4.17.